The van der Waals surface area contributed by atoms with Gasteiger partial charge >= 0.3 is 0 Å². The number of rotatable bonds is 5. The summed E-state index contributed by atoms with van der Waals surface area (Å²) >= 11 is 0. The second-order valence-corrected chi connectivity index (χ2v) is 5.34. The Hall–Kier alpha value is -2.15. The Morgan fingerprint density at radius 3 is 2.55 bits per heavy atom. The Morgan fingerprint density at radius 2 is 2.00 bits per heavy atom. The van der Waals surface area contributed by atoms with Gasteiger partial charge in [-0.2, -0.15) is 0 Å². The van der Waals surface area contributed by atoms with E-state index >= 15 is 0 Å². The fourth-order valence-electron chi connectivity index (χ4n) is 2.38. The number of piperazine rings is 1. The molecule has 1 aliphatic heterocycles. The second-order valence-electron chi connectivity index (χ2n) is 5.34. The molecule has 0 radical (unpaired) electrons. The monoisotopic (exact) mass is 305 g/mol. The molecule has 2 amide bonds. The zero-order valence-corrected chi connectivity index (χ0v) is 12.9. The van der Waals surface area contributed by atoms with Crippen LogP contribution in [0.3, 0.4) is 0 Å². The summed E-state index contributed by atoms with van der Waals surface area (Å²) in [5.41, 5.74) is 6.07. The molecule has 1 aromatic rings. The molecule has 0 atom stereocenters. The van der Waals surface area contributed by atoms with Crippen molar-refractivity contribution in [1.82, 2.24) is 9.88 Å². The van der Waals surface area contributed by atoms with Gasteiger partial charge in [-0.3, -0.25) is 9.59 Å². The first-order valence-corrected chi connectivity index (χ1v) is 7.56. The molecule has 7 nitrogen and oxygen atoms in total. The van der Waals surface area contributed by atoms with Crippen LogP contribution in [0, 0.1) is 0 Å². The summed E-state index contributed by atoms with van der Waals surface area (Å²) in [6.07, 6.45) is 2.76. The largest absolute Gasteiger partial charge is 0.353 e. The lowest BCUT2D eigenvalue weighted by molar-refractivity contribution is -0.129. The third kappa shape index (κ3) is 4.42. The van der Waals surface area contributed by atoms with E-state index < -0.39 is 0 Å². The molecule has 7 heteroatoms. The van der Waals surface area contributed by atoms with Crippen LogP contribution in [-0.4, -0.2) is 54.4 Å². The van der Waals surface area contributed by atoms with Crippen molar-refractivity contribution in [2.75, 3.05) is 42.9 Å². The summed E-state index contributed by atoms with van der Waals surface area (Å²) in [4.78, 5) is 31.3. The lowest BCUT2D eigenvalue weighted by Gasteiger charge is -2.34. The van der Waals surface area contributed by atoms with Gasteiger partial charge in [-0.1, -0.05) is 0 Å². The molecule has 120 valence electrons. The molecule has 0 aliphatic carbocycles. The van der Waals surface area contributed by atoms with E-state index in [9.17, 15) is 9.59 Å². The van der Waals surface area contributed by atoms with E-state index in [1.54, 1.807) is 13.1 Å². The van der Waals surface area contributed by atoms with Gasteiger partial charge in [-0.25, -0.2) is 4.98 Å². The molecule has 22 heavy (non-hydrogen) atoms. The van der Waals surface area contributed by atoms with Crippen LogP contribution in [0.25, 0.3) is 0 Å². The molecule has 1 fully saturated rings. The smallest absolute Gasteiger partial charge is 0.224 e. The van der Waals surface area contributed by atoms with Crippen LogP contribution in [0.2, 0.25) is 0 Å². The van der Waals surface area contributed by atoms with Gasteiger partial charge in [0.05, 0.1) is 11.9 Å². The Morgan fingerprint density at radius 1 is 1.27 bits per heavy atom. The van der Waals surface area contributed by atoms with Crippen LogP contribution in [0.1, 0.15) is 19.8 Å². The maximum absolute atomic E-state index is 11.6. The molecule has 1 aromatic heterocycles. The molecule has 2 heterocycles. The Balaban J connectivity index is 1.87. The number of hydrogen-bond acceptors (Lipinski definition) is 5. The maximum atomic E-state index is 11.6. The van der Waals surface area contributed by atoms with Gasteiger partial charge in [0.25, 0.3) is 0 Å². The number of nitrogens with two attached hydrogens (primary N) is 1. The number of aromatic nitrogens is 1. The summed E-state index contributed by atoms with van der Waals surface area (Å²) in [6, 6.07) is 3.74. The Kier molecular flexibility index (Phi) is 5.71. The number of carbonyl (C=O) groups excluding carboxylic acids is 2. The SMILES string of the molecule is CC(=O)N1CCN(c2ccc(NC(=O)CCCN)cn2)CC1. The van der Waals surface area contributed by atoms with Crippen LogP contribution >= 0.6 is 0 Å². The van der Waals surface area contributed by atoms with E-state index in [2.05, 4.69) is 15.2 Å². The first kappa shape index (κ1) is 16.2. The summed E-state index contributed by atoms with van der Waals surface area (Å²) < 4.78 is 0. The number of nitrogens with one attached hydrogen (secondary N) is 1. The molecule has 0 aromatic carbocycles. The summed E-state index contributed by atoms with van der Waals surface area (Å²) in [6.45, 7) is 5.08. The Labute approximate surface area is 130 Å². The minimum absolute atomic E-state index is 0.0462. The number of pyridine rings is 1. The van der Waals surface area contributed by atoms with Gasteiger partial charge < -0.3 is 20.9 Å². The van der Waals surface area contributed by atoms with Crippen LogP contribution in [0.5, 0.6) is 0 Å². The zero-order valence-electron chi connectivity index (χ0n) is 12.9. The zero-order chi connectivity index (χ0) is 15.9. The summed E-state index contributed by atoms with van der Waals surface area (Å²) in [5, 5.41) is 2.80. The van der Waals surface area contributed by atoms with E-state index in [0.717, 1.165) is 18.9 Å². The average Bonchev–Trinajstić information content (AvgIpc) is 2.54. The van der Waals surface area contributed by atoms with Crippen molar-refractivity contribution in [1.29, 1.82) is 0 Å². The van der Waals surface area contributed by atoms with Gasteiger partial charge in [0.2, 0.25) is 11.8 Å². The normalized spacial score (nSPS) is 14.8. The highest BCUT2D eigenvalue weighted by molar-refractivity contribution is 5.90. The fraction of sp³-hybridized carbons (Fsp3) is 0.533. The highest BCUT2D eigenvalue weighted by atomic mass is 16.2. The van der Waals surface area contributed by atoms with Crippen molar-refractivity contribution < 1.29 is 9.59 Å². The lowest BCUT2D eigenvalue weighted by Crippen LogP contribution is -2.48. The van der Waals surface area contributed by atoms with Crippen LogP contribution in [-0.2, 0) is 9.59 Å². The van der Waals surface area contributed by atoms with Crippen molar-refractivity contribution in [3.63, 3.8) is 0 Å². The van der Waals surface area contributed by atoms with E-state index in [1.807, 2.05) is 17.0 Å². The molecule has 1 saturated heterocycles. The first-order valence-electron chi connectivity index (χ1n) is 7.56. The van der Waals surface area contributed by atoms with Crippen molar-refractivity contribution in [3.8, 4) is 0 Å². The molecule has 0 bridgehead atoms. The third-order valence-corrected chi connectivity index (χ3v) is 3.69. The van der Waals surface area contributed by atoms with Crippen LogP contribution < -0.4 is 16.0 Å². The molecule has 0 spiro atoms. The molecular weight excluding hydrogens is 282 g/mol. The van der Waals surface area contributed by atoms with Gasteiger partial charge in [0.15, 0.2) is 0 Å². The number of carbonyl (C=O) groups is 2. The van der Waals surface area contributed by atoms with Gasteiger partial charge in [0, 0.05) is 39.5 Å². The number of nitrogens with zero attached hydrogens (tertiary/aromatic N) is 3. The fourth-order valence-corrected chi connectivity index (χ4v) is 2.38. The van der Waals surface area contributed by atoms with Crippen LogP contribution in [0.15, 0.2) is 18.3 Å². The van der Waals surface area contributed by atoms with Crippen molar-refractivity contribution >= 4 is 23.3 Å². The van der Waals surface area contributed by atoms with Crippen molar-refractivity contribution in [3.05, 3.63) is 18.3 Å². The Bertz CT molecular complexity index is 509. The highest BCUT2D eigenvalue weighted by Gasteiger charge is 2.19. The van der Waals surface area contributed by atoms with Gasteiger partial charge in [-0.05, 0) is 25.1 Å². The lowest BCUT2D eigenvalue weighted by atomic mass is 10.2. The molecule has 1 aliphatic rings. The van der Waals surface area contributed by atoms with Gasteiger partial charge in [-0.15, -0.1) is 0 Å². The molecule has 0 unspecified atom stereocenters. The molecule has 3 N–H and O–H groups in total. The van der Waals surface area contributed by atoms with E-state index in [1.165, 1.54) is 0 Å². The first-order chi connectivity index (χ1) is 10.6. The maximum Gasteiger partial charge on any atom is 0.224 e. The highest BCUT2D eigenvalue weighted by Crippen LogP contribution is 2.16. The summed E-state index contributed by atoms with van der Waals surface area (Å²) in [7, 11) is 0. The van der Waals surface area contributed by atoms with E-state index in [4.69, 9.17) is 5.73 Å². The molecule has 2 rings (SSSR count). The molecule has 0 saturated carbocycles. The third-order valence-electron chi connectivity index (χ3n) is 3.69. The minimum atomic E-state index is -0.0462. The standard InChI is InChI=1S/C15H23N5O2/c1-12(21)19-7-9-20(10-8-19)14-5-4-13(11-17-14)18-15(22)3-2-6-16/h4-5,11H,2-3,6-10,16H2,1H3,(H,18,22). The molecular formula is C15H23N5O2. The number of amides is 2. The van der Waals surface area contributed by atoms with E-state index in [0.29, 0.717) is 38.2 Å². The van der Waals surface area contributed by atoms with Gasteiger partial charge in [0.1, 0.15) is 5.82 Å². The minimum Gasteiger partial charge on any atom is -0.353 e. The topological polar surface area (TPSA) is 91.6 Å². The van der Waals surface area contributed by atoms with Crippen molar-refractivity contribution in [2.24, 2.45) is 5.73 Å². The van der Waals surface area contributed by atoms with E-state index in [-0.39, 0.29) is 11.8 Å². The number of hydrogen-bond donors (Lipinski definition) is 2. The predicted molar refractivity (Wildman–Crippen MR) is 85.6 cm³/mol. The second kappa shape index (κ2) is 7.74. The predicted octanol–water partition coefficient (Wildman–Crippen LogP) is 0.428. The van der Waals surface area contributed by atoms with Crippen molar-refractivity contribution in [2.45, 2.75) is 19.8 Å². The average molecular weight is 305 g/mol. The quantitative estimate of drug-likeness (QED) is 0.823. The van der Waals surface area contributed by atoms with Crippen LogP contribution in [0.4, 0.5) is 11.5 Å². The summed E-state index contributed by atoms with van der Waals surface area (Å²) in [5.74, 6) is 0.932. The number of anilines is 2.